The number of nitro benzene ring substituents is 1. The molecule has 3 N–H and O–H groups in total. The first-order chi connectivity index (χ1) is 10.0. The van der Waals surface area contributed by atoms with Crippen LogP contribution < -0.4 is 11.1 Å². The summed E-state index contributed by atoms with van der Waals surface area (Å²) in [5.74, 6) is -0.343. The molecule has 0 bridgehead atoms. The Kier molecular flexibility index (Phi) is 4.90. The maximum atomic E-state index is 12.3. The van der Waals surface area contributed by atoms with Crippen LogP contribution in [0.3, 0.4) is 0 Å². The summed E-state index contributed by atoms with van der Waals surface area (Å²) in [6.45, 7) is 1.86. The third kappa shape index (κ3) is 3.58. The number of benzene rings is 1. The summed E-state index contributed by atoms with van der Waals surface area (Å²) in [7, 11) is 0. The summed E-state index contributed by atoms with van der Waals surface area (Å²) in [6, 6.07) is 4.70. The fourth-order valence-corrected chi connectivity index (χ4v) is 2.83. The minimum Gasteiger partial charge on any atom is -0.327 e. The van der Waals surface area contributed by atoms with Crippen molar-refractivity contribution in [1.29, 1.82) is 0 Å². The second kappa shape index (κ2) is 6.67. The van der Waals surface area contributed by atoms with Crippen molar-refractivity contribution in [3.05, 3.63) is 33.9 Å². The van der Waals surface area contributed by atoms with Gasteiger partial charge in [0.25, 0.3) is 5.69 Å². The van der Waals surface area contributed by atoms with Gasteiger partial charge in [-0.05, 0) is 25.3 Å². The van der Waals surface area contributed by atoms with Crippen LogP contribution in [0.4, 0.5) is 11.4 Å². The van der Waals surface area contributed by atoms with Gasteiger partial charge in [0.15, 0.2) is 0 Å². The van der Waals surface area contributed by atoms with Crippen molar-refractivity contribution in [2.75, 3.05) is 5.32 Å². The molecule has 0 aliphatic heterocycles. The van der Waals surface area contributed by atoms with Gasteiger partial charge in [0, 0.05) is 23.4 Å². The predicted octanol–water partition coefficient (Wildman–Crippen LogP) is 2.61. The quantitative estimate of drug-likeness (QED) is 0.658. The van der Waals surface area contributed by atoms with Crippen molar-refractivity contribution in [3.63, 3.8) is 0 Å². The zero-order chi connectivity index (χ0) is 15.4. The third-order valence-electron chi connectivity index (χ3n) is 4.09. The minimum atomic E-state index is -0.416. The molecule has 1 aliphatic rings. The van der Waals surface area contributed by atoms with Crippen LogP contribution in [0.5, 0.6) is 0 Å². The Morgan fingerprint density at radius 1 is 1.43 bits per heavy atom. The first kappa shape index (κ1) is 15.4. The number of amides is 1. The number of nitrogens with two attached hydrogens (primary N) is 1. The molecule has 0 saturated heterocycles. The van der Waals surface area contributed by atoms with Crippen LogP contribution in [0, 0.1) is 16.0 Å². The molecular weight excluding hydrogens is 270 g/mol. The lowest BCUT2D eigenvalue weighted by molar-refractivity contribution is -0.385. The molecule has 21 heavy (non-hydrogen) atoms. The number of carbonyl (C=O) groups excluding carboxylic acids is 1. The van der Waals surface area contributed by atoms with Crippen LogP contribution in [-0.2, 0) is 11.2 Å². The SMILES string of the molecule is CCc1ccc(NC(=O)C2CCCCC2N)cc1[N+](=O)[O-]. The molecule has 6 nitrogen and oxygen atoms in total. The molecule has 0 aromatic heterocycles. The van der Waals surface area contributed by atoms with Crippen LogP contribution in [0.2, 0.25) is 0 Å². The van der Waals surface area contributed by atoms with Gasteiger partial charge in [0.05, 0.1) is 10.8 Å². The standard InChI is InChI=1S/C15H21N3O3/c1-2-10-7-8-11(9-14(10)18(20)21)17-15(19)12-5-3-4-6-13(12)16/h7-9,12-13H,2-6,16H2,1H3,(H,17,19). The van der Waals surface area contributed by atoms with Crippen LogP contribution in [0.1, 0.15) is 38.2 Å². The summed E-state index contributed by atoms with van der Waals surface area (Å²) in [6.07, 6.45) is 4.27. The van der Waals surface area contributed by atoms with Crippen molar-refractivity contribution in [2.45, 2.75) is 45.1 Å². The molecule has 2 rings (SSSR count). The molecule has 1 amide bonds. The monoisotopic (exact) mass is 291 g/mol. The van der Waals surface area contributed by atoms with Gasteiger partial charge in [0.2, 0.25) is 5.91 Å². The lowest BCUT2D eigenvalue weighted by Gasteiger charge is -2.27. The Hall–Kier alpha value is -1.95. The summed E-state index contributed by atoms with van der Waals surface area (Å²) in [5, 5.41) is 13.8. The molecular formula is C15H21N3O3. The number of carbonyl (C=O) groups is 1. The molecule has 0 radical (unpaired) electrons. The predicted molar refractivity (Wildman–Crippen MR) is 81.0 cm³/mol. The second-order valence-electron chi connectivity index (χ2n) is 5.50. The Bertz CT molecular complexity index is 545. The van der Waals surface area contributed by atoms with Crippen LogP contribution in [0.15, 0.2) is 18.2 Å². The van der Waals surface area contributed by atoms with Gasteiger partial charge in [-0.1, -0.05) is 25.8 Å². The van der Waals surface area contributed by atoms with Crippen molar-refractivity contribution in [3.8, 4) is 0 Å². The van der Waals surface area contributed by atoms with E-state index in [1.165, 1.54) is 6.07 Å². The summed E-state index contributed by atoms with van der Waals surface area (Å²) in [4.78, 5) is 22.9. The van der Waals surface area contributed by atoms with E-state index in [1.54, 1.807) is 12.1 Å². The Morgan fingerprint density at radius 3 is 2.76 bits per heavy atom. The summed E-state index contributed by atoms with van der Waals surface area (Å²) < 4.78 is 0. The summed E-state index contributed by atoms with van der Waals surface area (Å²) >= 11 is 0. The number of anilines is 1. The minimum absolute atomic E-state index is 0.0447. The van der Waals surface area contributed by atoms with E-state index < -0.39 is 4.92 Å². The smallest absolute Gasteiger partial charge is 0.274 e. The fraction of sp³-hybridized carbons (Fsp3) is 0.533. The van der Waals surface area contributed by atoms with Gasteiger partial charge in [-0.15, -0.1) is 0 Å². The molecule has 2 atom stereocenters. The maximum absolute atomic E-state index is 12.3. The highest BCUT2D eigenvalue weighted by Crippen LogP contribution is 2.27. The zero-order valence-corrected chi connectivity index (χ0v) is 12.2. The van der Waals surface area contributed by atoms with E-state index in [2.05, 4.69) is 5.32 Å². The third-order valence-corrected chi connectivity index (χ3v) is 4.09. The molecule has 1 saturated carbocycles. The first-order valence-corrected chi connectivity index (χ1v) is 7.36. The van der Waals surface area contributed by atoms with E-state index in [0.29, 0.717) is 17.7 Å². The van der Waals surface area contributed by atoms with Crippen molar-refractivity contribution < 1.29 is 9.72 Å². The molecule has 1 aromatic rings. The van der Waals surface area contributed by atoms with E-state index in [1.807, 2.05) is 6.92 Å². The summed E-state index contributed by atoms with van der Waals surface area (Å²) in [5.41, 5.74) is 7.15. The van der Waals surface area contributed by atoms with Gasteiger partial charge in [0.1, 0.15) is 0 Å². The molecule has 0 heterocycles. The normalized spacial score (nSPS) is 21.8. The van der Waals surface area contributed by atoms with Crippen molar-refractivity contribution >= 4 is 17.3 Å². The van der Waals surface area contributed by atoms with E-state index >= 15 is 0 Å². The van der Waals surface area contributed by atoms with Crippen molar-refractivity contribution in [1.82, 2.24) is 0 Å². The second-order valence-corrected chi connectivity index (χ2v) is 5.50. The molecule has 1 fully saturated rings. The Balaban J connectivity index is 2.13. The van der Waals surface area contributed by atoms with Crippen LogP contribution >= 0.6 is 0 Å². The number of hydrogen-bond donors (Lipinski definition) is 2. The van der Waals surface area contributed by atoms with Crippen LogP contribution in [-0.4, -0.2) is 16.9 Å². The van der Waals surface area contributed by atoms with Crippen molar-refractivity contribution in [2.24, 2.45) is 11.7 Å². The van der Waals surface area contributed by atoms with E-state index in [-0.39, 0.29) is 23.6 Å². The van der Waals surface area contributed by atoms with Gasteiger partial charge < -0.3 is 11.1 Å². The largest absolute Gasteiger partial charge is 0.327 e. The van der Waals surface area contributed by atoms with E-state index in [0.717, 1.165) is 25.7 Å². The van der Waals surface area contributed by atoms with E-state index in [4.69, 9.17) is 5.73 Å². The average Bonchev–Trinajstić information content (AvgIpc) is 2.47. The topological polar surface area (TPSA) is 98.3 Å². The fourth-order valence-electron chi connectivity index (χ4n) is 2.83. The highest BCUT2D eigenvalue weighted by Gasteiger charge is 2.28. The maximum Gasteiger partial charge on any atom is 0.274 e. The molecule has 1 aromatic carbocycles. The Labute approximate surface area is 123 Å². The highest BCUT2D eigenvalue weighted by atomic mass is 16.6. The number of nitrogens with zero attached hydrogens (tertiary/aromatic N) is 1. The van der Waals surface area contributed by atoms with Gasteiger partial charge in [-0.25, -0.2) is 0 Å². The average molecular weight is 291 g/mol. The molecule has 2 unspecified atom stereocenters. The number of aryl methyl sites for hydroxylation is 1. The molecule has 114 valence electrons. The zero-order valence-electron chi connectivity index (χ0n) is 12.2. The Morgan fingerprint density at radius 2 is 2.14 bits per heavy atom. The van der Waals surface area contributed by atoms with Gasteiger partial charge >= 0.3 is 0 Å². The lowest BCUT2D eigenvalue weighted by atomic mass is 9.84. The lowest BCUT2D eigenvalue weighted by Crippen LogP contribution is -2.40. The van der Waals surface area contributed by atoms with Crippen LogP contribution in [0.25, 0.3) is 0 Å². The first-order valence-electron chi connectivity index (χ1n) is 7.36. The number of hydrogen-bond acceptors (Lipinski definition) is 4. The van der Waals surface area contributed by atoms with Gasteiger partial charge in [-0.3, -0.25) is 14.9 Å². The molecule has 1 aliphatic carbocycles. The number of nitro groups is 1. The van der Waals surface area contributed by atoms with Gasteiger partial charge in [-0.2, -0.15) is 0 Å². The molecule has 6 heteroatoms. The van der Waals surface area contributed by atoms with E-state index in [9.17, 15) is 14.9 Å². The highest BCUT2D eigenvalue weighted by molar-refractivity contribution is 5.93. The molecule has 0 spiro atoms. The number of nitrogens with one attached hydrogen (secondary N) is 1. The number of rotatable bonds is 4.